The van der Waals surface area contributed by atoms with E-state index in [9.17, 15) is 13.6 Å². The maximum Gasteiger partial charge on any atom is 0.258 e. The number of anilines is 1. The number of benzene rings is 2. The van der Waals surface area contributed by atoms with Gasteiger partial charge in [0.05, 0.1) is 7.11 Å². The zero-order chi connectivity index (χ0) is 19.0. The van der Waals surface area contributed by atoms with Crippen LogP contribution in [0, 0.1) is 11.6 Å². The third-order valence-corrected chi connectivity index (χ3v) is 4.48. The molecule has 3 aromatic rings. The number of aromatic nitrogens is 2. The molecule has 0 bridgehead atoms. The molecule has 6 nitrogen and oxygen atoms in total. The van der Waals surface area contributed by atoms with Crippen LogP contribution in [0.2, 0.25) is 0 Å². The number of hydrogen-bond donors (Lipinski definition) is 0. The van der Waals surface area contributed by atoms with Crippen LogP contribution in [0.15, 0.2) is 47.0 Å². The smallest absolute Gasteiger partial charge is 0.258 e. The van der Waals surface area contributed by atoms with Crippen LogP contribution >= 0.6 is 0 Å². The first-order chi connectivity index (χ1) is 13.0. The summed E-state index contributed by atoms with van der Waals surface area (Å²) < 4.78 is 36.8. The summed E-state index contributed by atoms with van der Waals surface area (Å²) in [5.41, 5.74) is 1.04. The average molecular weight is 371 g/mol. The largest absolute Gasteiger partial charge is 0.497 e. The first kappa shape index (κ1) is 17.1. The van der Waals surface area contributed by atoms with Gasteiger partial charge in [0.2, 0.25) is 5.91 Å². The highest BCUT2D eigenvalue weighted by atomic mass is 19.2. The van der Waals surface area contributed by atoms with Gasteiger partial charge in [0, 0.05) is 30.1 Å². The molecule has 138 valence electrons. The number of methoxy groups -OCH3 is 1. The molecule has 0 saturated carbocycles. The molecule has 8 heteroatoms. The standard InChI is InChI=1S/C19H15F2N3O3/c1-26-14-5-3-13(4-6-14)24-10-12(9-17(24)25)18-22-19(27-23-18)11-2-7-15(20)16(21)8-11/h2-8,12H,9-10H2,1H3. The van der Waals surface area contributed by atoms with Crippen molar-refractivity contribution in [1.29, 1.82) is 0 Å². The Hall–Kier alpha value is -3.29. The van der Waals surface area contributed by atoms with Crippen molar-refractivity contribution in [3.63, 3.8) is 0 Å². The van der Waals surface area contributed by atoms with Gasteiger partial charge >= 0.3 is 0 Å². The molecule has 1 aliphatic heterocycles. The maximum absolute atomic E-state index is 13.4. The first-order valence-corrected chi connectivity index (χ1v) is 8.28. The second kappa shape index (κ2) is 6.79. The highest BCUT2D eigenvalue weighted by Crippen LogP contribution is 2.32. The third-order valence-electron chi connectivity index (χ3n) is 4.48. The molecule has 4 rings (SSSR count). The normalized spacial score (nSPS) is 16.8. The molecule has 1 saturated heterocycles. The molecule has 2 aromatic carbocycles. The summed E-state index contributed by atoms with van der Waals surface area (Å²) in [7, 11) is 1.58. The Balaban J connectivity index is 1.53. The summed E-state index contributed by atoms with van der Waals surface area (Å²) in [5.74, 6) is -1.09. The van der Waals surface area contributed by atoms with Crippen molar-refractivity contribution in [3.05, 3.63) is 59.9 Å². The SMILES string of the molecule is COc1ccc(N2CC(c3noc(-c4ccc(F)c(F)c4)n3)CC2=O)cc1. The van der Waals surface area contributed by atoms with E-state index >= 15 is 0 Å². The minimum absolute atomic E-state index is 0.0515. The van der Waals surface area contributed by atoms with Crippen LogP contribution in [-0.2, 0) is 4.79 Å². The van der Waals surface area contributed by atoms with Gasteiger partial charge in [-0.15, -0.1) is 0 Å². The number of amides is 1. The van der Waals surface area contributed by atoms with Gasteiger partial charge in [0.1, 0.15) is 5.75 Å². The molecule has 1 unspecified atom stereocenters. The Morgan fingerprint density at radius 2 is 1.93 bits per heavy atom. The van der Waals surface area contributed by atoms with Gasteiger partial charge < -0.3 is 14.2 Å². The highest BCUT2D eigenvalue weighted by molar-refractivity contribution is 5.96. The van der Waals surface area contributed by atoms with E-state index in [-0.39, 0.29) is 29.7 Å². The molecule has 0 N–H and O–H groups in total. The predicted molar refractivity (Wildman–Crippen MR) is 92.4 cm³/mol. The number of carbonyl (C=O) groups is 1. The average Bonchev–Trinajstić information content (AvgIpc) is 3.31. The van der Waals surface area contributed by atoms with Gasteiger partial charge in [-0.1, -0.05) is 5.16 Å². The molecule has 1 atom stereocenters. The Morgan fingerprint density at radius 1 is 1.15 bits per heavy atom. The van der Waals surface area contributed by atoms with E-state index in [0.29, 0.717) is 18.1 Å². The van der Waals surface area contributed by atoms with Crippen LogP contribution in [0.4, 0.5) is 14.5 Å². The second-order valence-electron chi connectivity index (χ2n) is 6.19. The number of nitrogens with zero attached hydrogens (tertiary/aromatic N) is 3. The minimum atomic E-state index is -0.992. The van der Waals surface area contributed by atoms with Crippen LogP contribution < -0.4 is 9.64 Å². The van der Waals surface area contributed by atoms with E-state index in [1.165, 1.54) is 6.07 Å². The molecule has 2 heterocycles. The van der Waals surface area contributed by atoms with Crippen LogP contribution in [-0.4, -0.2) is 29.7 Å². The molecule has 27 heavy (non-hydrogen) atoms. The highest BCUT2D eigenvalue weighted by Gasteiger charge is 2.34. The van der Waals surface area contributed by atoms with Crippen LogP contribution in [0.25, 0.3) is 11.5 Å². The maximum atomic E-state index is 13.4. The van der Waals surface area contributed by atoms with Crippen LogP contribution in [0.3, 0.4) is 0 Å². The van der Waals surface area contributed by atoms with Crippen molar-refractivity contribution >= 4 is 11.6 Å². The molecule has 0 radical (unpaired) electrons. The van der Waals surface area contributed by atoms with Crippen molar-refractivity contribution in [3.8, 4) is 17.2 Å². The van der Waals surface area contributed by atoms with E-state index in [4.69, 9.17) is 9.26 Å². The summed E-state index contributed by atoms with van der Waals surface area (Å²) in [5, 5.41) is 3.92. The van der Waals surface area contributed by atoms with Gasteiger partial charge in [-0.05, 0) is 42.5 Å². The van der Waals surface area contributed by atoms with Gasteiger partial charge in [0.15, 0.2) is 17.5 Å². The Bertz CT molecular complexity index is 988. The Kier molecular flexibility index (Phi) is 4.31. The van der Waals surface area contributed by atoms with Crippen LogP contribution in [0.5, 0.6) is 5.75 Å². The summed E-state index contributed by atoms with van der Waals surface area (Å²) in [6.45, 7) is 0.405. The van der Waals surface area contributed by atoms with Crippen molar-refractivity contribution < 1.29 is 22.8 Å². The van der Waals surface area contributed by atoms with Gasteiger partial charge in [-0.25, -0.2) is 8.78 Å². The summed E-state index contributed by atoms with van der Waals surface area (Å²) in [6, 6.07) is 10.5. The first-order valence-electron chi connectivity index (χ1n) is 8.28. The lowest BCUT2D eigenvalue weighted by Gasteiger charge is -2.16. The van der Waals surface area contributed by atoms with Crippen LogP contribution in [0.1, 0.15) is 18.2 Å². The number of halogens is 2. The summed E-state index contributed by atoms with van der Waals surface area (Å²) in [6.07, 6.45) is 0.239. The zero-order valence-electron chi connectivity index (χ0n) is 14.4. The van der Waals surface area contributed by atoms with Crippen molar-refractivity contribution in [2.24, 2.45) is 0 Å². The number of rotatable bonds is 4. The monoisotopic (exact) mass is 371 g/mol. The lowest BCUT2D eigenvalue weighted by Crippen LogP contribution is -2.24. The van der Waals surface area contributed by atoms with Gasteiger partial charge in [-0.3, -0.25) is 4.79 Å². The molecular weight excluding hydrogens is 356 g/mol. The Labute approximate surface area is 153 Å². The fourth-order valence-corrected chi connectivity index (χ4v) is 3.04. The molecule has 1 fully saturated rings. The van der Waals surface area contributed by atoms with E-state index in [0.717, 1.165) is 17.8 Å². The number of carbonyl (C=O) groups excluding carboxylic acids is 1. The number of ether oxygens (including phenoxy) is 1. The lowest BCUT2D eigenvalue weighted by atomic mass is 10.1. The molecule has 1 amide bonds. The molecule has 0 aliphatic carbocycles. The minimum Gasteiger partial charge on any atom is -0.497 e. The predicted octanol–water partition coefficient (Wildman–Crippen LogP) is 3.54. The van der Waals surface area contributed by atoms with Crippen molar-refractivity contribution in [2.75, 3.05) is 18.6 Å². The Morgan fingerprint density at radius 3 is 2.63 bits per heavy atom. The third kappa shape index (κ3) is 3.25. The van der Waals surface area contributed by atoms with E-state index in [2.05, 4.69) is 10.1 Å². The summed E-state index contributed by atoms with van der Waals surface area (Å²) in [4.78, 5) is 18.3. The number of hydrogen-bond acceptors (Lipinski definition) is 5. The zero-order valence-corrected chi connectivity index (χ0v) is 14.4. The topological polar surface area (TPSA) is 68.5 Å². The molecule has 1 aromatic heterocycles. The molecular formula is C19H15F2N3O3. The fraction of sp³-hybridized carbons (Fsp3) is 0.211. The van der Waals surface area contributed by atoms with Crippen molar-refractivity contribution in [1.82, 2.24) is 10.1 Å². The van der Waals surface area contributed by atoms with Crippen molar-refractivity contribution in [2.45, 2.75) is 12.3 Å². The fourth-order valence-electron chi connectivity index (χ4n) is 3.04. The van der Waals surface area contributed by atoms with E-state index in [1.807, 2.05) is 12.1 Å². The molecule has 0 spiro atoms. The molecule has 1 aliphatic rings. The quantitative estimate of drug-likeness (QED) is 0.702. The summed E-state index contributed by atoms with van der Waals surface area (Å²) >= 11 is 0. The lowest BCUT2D eigenvalue weighted by molar-refractivity contribution is -0.117. The van der Waals surface area contributed by atoms with E-state index < -0.39 is 11.6 Å². The second-order valence-corrected chi connectivity index (χ2v) is 6.19. The van der Waals surface area contributed by atoms with Gasteiger partial charge in [-0.2, -0.15) is 4.98 Å². The van der Waals surface area contributed by atoms with Gasteiger partial charge in [0.25, 0.3) is 5.89 Å². The van der Waals surface area contributed by atoms with E-state index in [1.54, 1.807) is 24.1 Å².